The minimum absolute atomic E-state index is 0.954. The molecule has 0 N–H and O–H groups in total. The molecule has 0 aliphatic heterocycles. The molecule has 4 saturated carbocycles. The van der Waals surface area contributed by atoms with E-state index in [4.69, 9.17) is 0 Å². The minimum Gasteiger partial charge on any atom is -0.0773 e. The van der Waals surface area contributed by atoms with Gasteiger partial charge in [0.25, 0.3) is 0 Å². The first-order valence-corrected chi connectivity index (χ1v) is 12.4. The van der Waals surface area contributed by atoms with E-state index in [1.54, 1.807) is 0 Å². The zero-order valence-electron chi connectivity index (χ0n) is 17.0. The van der Waals surface area contributed by atoms with Crippen LogP contribution in [0.1, 0.15) is 109 Å². The predicted molar refractivity (Wildman–Crippen MR) is 111 cm³/mol. The van der Waals surface area contributed by atoms with E-state index in [-0.39, 0.29) is 0 Å². The third-order valence-corrected chi connectivity index (χ3v) is 8.91. The van der Waals surface area contributed by atoms with Gasteiger partial charge in [0.15, 0.2) is 0 Å². The highest BCUT2D eigenvalue weighted by molar-refractivity contribution is 5.44. The summed E-state index contributed by atoms with van der Waals surface area (Å²) in [5.74, 6) is 4.88. The van der Waals surface area contributed by atoms with Crippen molar-refractivity contribution in [3.63, 3.8) is 0 Å². The summed E-state index contributed by atoms with van der Waals surface area (Å²) in [6, 6.07) is 0. The molecule has 144 valence electrons. The van der Waals surface area contributed by atoms with Crippen LogP contribution in [-0.2, 0) is 0 Å². The van der Waals surface area contributed by atoms with Gasteiger partial charge in [-0.3, -0.25) is 0 Å². The van der Waals surface area contributed by atoms with Crippen molar-refractivity contribution in [3.8, 4) is 0 Å². The summed E-state index contributed by atoms with van der Waals surface area (Å²) in [6.45, 7) is 0. The monoisotopic (exact) mass is 352 g/mol. The summed E-state index contributed by atoms with van der Waals surface area (Å²) in [5.41, 5.74) is 5.91. The van der Waals surface area contributed by atoms with Crippen molar-refractivity contribution in [2.45, 2.75) is 109 Å². The normalized spacial score (nSPS) is 36.4. The summed E-state index contributed by atoms with van der Waals surface area (Å²) in [5, 5.41) is 0. The number of hydrogen-bond acceptors (Lipinski definition) is 0. The smallest absolute Gasteiger partial charge is 0.0128 e. The van der Waals surface area contributed by atoms with Crippen molar-refractivity contribution in [1.29, 1.82) is 0 Å². The van der Waals surface area contributed by atoms with Crippen LogP contribution >= 0.6 is 0 Å². The average Bonchev–Trinajstić information content (AvgIpc) is 3.10. The molecule has 5 aliphatic carbocycles. The molecule has 0 aromatic heterocycles. The van der Waals surface area contributed by atoms with E-state index >= 15 is 0 Å². The van der Waals surface area contributed by atoms with E-state index < -0.39 is 0 Å². The Labute approximate surface area is 161 Å². The van der Waals surface area contributed by atoms with Gasteiger partial charge in [0.1, 0.15) is 0 Å². The molecule has 0 saturated heterocycles. The van der Waals surface area contributed by atoms with Crippen LogP contribution in [0.15, 0.2) is 22.8 Å². The number of allylic oxidation sites excluding steroid dienone is 4. The second-order valence-corrected chi connectivity index (χ2v) is 10.3. The highest BCUT2D eigenvalue weighted by Gasteiger charge is 2.42. The molecule has 5 rings (SSSR count). The second kappa shape index (κ2) is 7.84. The van der Waals surface area contributed by atoms with E-state index in [2.05, 4.69) is 6.08 Å². The Hall–Kier alpha value is -0.520. The first-order valence-electron chi connectivity index (χ1n) is 12.4. The molecule has 5 aliphatic rings. The van der Waals surface area contributed by atoms with Crippen molar-refractivity contribution < 1.29 is 0 Å². The Kier molecular flexibility index (Phi) is 5.30. The van der Waals surface area contributed by atoms with E-state index in [1.807, 2.05) is 16.7 Å². The van der Waals surface area contributed by atoms with E-state index in [9.17, 15) is 0 Å². The van der Waals surface area contributed by atoms with Gasteiger partial charge in [-0.2, -0.15) is 0 Å². The molecule has 0 nitrogen and oxygen atoms in total. The van der Waals surface area contributed by atoms with Crippen LogP contribution in [0.25, 0.3) is 0 Å². The minimum atomic E-state index is 0.954. The lowest BCUT2D eigenvalue weighted by Gasteiger charge is -2.39. The van der Waals surface area contributed by atoms with Gasteiger partial charge in [-0.05, 0) is 98.5 Å². The molecule has 0 heteroatoms. The Morgan fingerprint density at radius 1 is 0.615 bits per heavy atom. The highest BCUT2D eigenvalue weighted by Crippen LogP contribution is 2.54. The van der Waals surface area contributed by atoms with Crippen LogP contribution in [0, 0.1) is 29.6 Å². The molecule has 4 fully saturated rings. The summed E-state index contributed by atoms with van der Waals surface area (Å²) in [6.07, 6.45) is 28.4. The fraction of sp³-hybridized carbons (Fsp3) is 0.846. The van der Waals surface area contributed by atoms with Gasteiger partial charge in [0.05, 0.1) is 0 Å². The summed E-state index contributed by atoms with van der Waals surface area (Å²) < 4.78 is 0. The molecular formula is C26H40. The molecule has 0 aromatic rings. The van der Waals surface area contributed by atoms with Gasteiger partial charge in [-0.1, -0.05) is 63.0 Å². The van der Waals surface area contributed by atoms with E-state index in [0.717, 1.165) is 29.6 Å². The number of rotatable bonds is 2. The summed E-state index contributed by atoms with van der Waals surface area (Å²) in [4.78, 5) is 0. The molecule has 0 spiro atoms. The zero-order chi connectivity index (χ0) is 17.3. The first-order chi connectivity index (χ1) is 12.9. The van der Waals surface area contributed by atoms with Gasteiger partial charge in [0, 0.05) is 0 Å². The zero-order valence-corrected chi connectivity index (χ0v) is 17.0. The Balaban J connectivity index is 1.52. The maximum atomic E-state index is 2.84. The fourth-order valence-electron chi connectivity index (χ4n) is 7.78. The maximum Gasteiger partial charge on any atom is -0.0128 e. The molecule has 26 heavy (non-hydrogen) atoms. The van der Waals surface area contributed by atoms with Gasteiger partial charge in [-0.15, -0.1) is 0 Å². The Morgan fingerprint density at radius 3 is 1.92 bits per heavy atom. The average molecular weight is 353 g/mol. The highest BCUT2D eigenvalue weighted by atomic mass is 14.5. The van der Waals surface area contributed by atoms with Crippen molar-refractivity contribution in [3.05, 3.63) is 22.8 Å². The lowest BCUT2D eigenvalue weighted by molar-refractivity contribution is 0.226. The molecule has 0 heterocycles. The quantitative estimate of drug-likeness (QED) is 0.472. The van der Waals surface area contributed by atoms with Crippen molar-refractivity contribution in [2.75, 3.05) is 0 Å². The first kappa shape index (κ1) is 17.6. The number of fused-ring (bicyclic) bond motifs is 3. The van der Waals surface area contributed by atoms with Gasteiger partial charge >= 0.3 is 0 Å². The van der Waals surface area contributed by atoms with Gasteiger partial charge < -0.3 is 0 Å². The molecule has 0 radical (unpaired) electrons. The third-order valence-electron chi connectivity index (χ3n) is 8.91. The largest absolute Gasteiger partial charge is 0.0773 e. The summed E-state index contributed by atoms with van der Waals surface area (Å²) in [7, 11) is 0. The van der Waals surface area contributed by atoms with Crippen molar-refractivity contribution >= 4 is 0 Å². The molecule has 0 amide bonds. The molecular weight excluding hydrogens is 312 g/mol. The van der Waals surface area contributed by atoms with E-state index in [1.165, 1.54) is 109 Å². The lowest BCUT2D eigenvalue weighted by atomic mass is 9.66. The third kappa shape index (κ3) is 3.24. The van der Waals surface area contributed by atoms with Gasteiger partial charge in [0.2, 0.25) is 0 Å². The van der Waals surface area contributed by atoms with Crippen LogP contribution in [-0.4, -0.2) is 0 Å². The Morgan fingerprint density at radius 2 is 1.23 bits per heavy atom. The summed E-state index contributed by atoms with van der Waals surface area (Å²) >= 11 is 0. The standard InChI is InChI=1S/C26H40/c1-3-10-19(11-4-1)26(20-12-5-2-6-13-20)24-17-9-16-23-22-15-8-7-14-21(22)18-25(23)24/h18-23H,1-17H2. The van der Waals surface area contributed by atoms with Crippen LogP contribution in [0.2, 0.25) is 0 Å². The molecule has 3 atom stereocenters. The SMILES string of the molecule is C1=C2C(=C(C3CCCCC3)C3CCCCC3)CCCC2C2CCCCC12. The lowest BCUT2D eigenvalue weighted by Crippen LogP contribution is -2.26. The van der Waals surface area contributed by atoms with Crippen molar-refractivity contribution in [2.24, 2.45) is 29.6 Å². The fourth-order valence-corrected chi connectivity index (χ4v) is 7.78. The van der Waals surface area contributed by atoms with Crippen LogP contribution < -0.4 is 0 Å². The van der Waals surface area contributed by atoms with Crippen LogP contribution in [0.3, 0.4) is 0 Å². The Bertz CT molecular complexity index is 533. The topological polar surface area (TPSA) is 0 Å². The predicted octanol–water partition coefficient (Wildman–Crippen LogP) is 7.99. The van der Waals surface area contributed by atoms with E-state index in [0.29, 0.717) is 0 Å². The van der Waals surface area contributed by atoms with Crippen LogP contribution in [0.5, 0.6) is 0 Å². The molecule has 0 bridgehead atoms. The van der Waals surface area contributed by atoms with Crippen molar-refractivity contribution in [1.82, 2.24) is 0 Å². The second-order valence-electron chi connectivity index (χ2n) is 10.3. The maximum absolute atomic E-state index is 2.84. The molecule has 0 aromatic carbocycles. The van der Waals surface area contributed by atoms with Gasteiger partial charge in [-0.25, -0.2) is 0 Å². The molecule has 3 unspecified atom stereocenters. The number of hydrogen-bond donors (Lipinski definition) is 0. The van der Waals surface area contributed by atoms with Crippen LogP contribution in [0.4, 0.5) is 0 Å².